The van der Waals surface area contributed by atoms with Gasteiger partial charge in [0.25, 0.3) is 5.91 Å². The van der Waals surface area contributed by atoms with Gasteiger partial charge in [0.15, 0.2) is 0 Å². The number of amides is 1. The van der Waals surface area contributed by atoms with E-state index >= 15 is 0 Å². The second-order valence-electron chi connectivity index (χ2n) is 5.51. The molecule has 2 atom stereocenters. The van der Waals surface area contributed by atoms with Gasteiger partial charge in [0, 0.05) is 25.2 Å². The van der Waals surface area contributed by atoms with Gasteiger partial charge in [-0.1, -0.05) is 0 Å². The van der Waals surface area contributed by atoms with Gasteiger partial charge in [0.1, 0.15) is 29.8 Å². The molecule has 6 nitrogen and oxygen atoms in total. The Bertz CT molecular complexity index is 699. The maximum atomic E-state index is 13.2. The van der Waals surface area contributed by atoms with Gasteiger partial charge in [-0.05, 0) is 19.3 Å². The van der Waals surface area contributed by atoms with Gasteiger partial charge in [0.2, 0.25) is 5.82 Å². The number of aromatic nitrogens is 3. The topological polar surface area (TPSA) is 69.0 Å². The van der Waals surface area contributed by atoms with E-state index in [1.54, 1.807) is 7.05 Å². The molecule has 1 aromatic carbocycles. The Hall–Kier alpha value is -2.51. The number of hydrogen-bond acceptors (Lipinski definition) is 4. The maximum absolute atomic E-state index is 13.2. The largest absolute Gasteiger partial charge is 0.488 e. The average Bonchev–Trinajstić information content (AvgIpc) is 3.07. The van der Waals surface area contributed by atoms with Gasteiger partial charge < -0.3 is 10.1 Å². The summed E-state index contributed by atoms with van der Waals surface area (Å²) in [5, 5.41) is 6.76. The lowest BCUT2D eigenvalue weighted by Gasteiger charge is -2.22. The van der Waals surface area contributed by atoms with Crippen LogP contribution in [0.3, 0.4) is 0 Å². The zero-order valence-corrected chi connectivity index (χ0v) is 12.5. The van der Waals surface area contributed by atoms with Gasteiger partial charge in [-0.3, -0.25) is 9.48 Å². The van der Waals surface area contributed by atoms with Crippen molar-refractivity contribution in [3.63, 3.8) is 0 Å². The third-order valence-corrected chi connectivity index (χ3v) is 3.70. The first-order valence-electron chi connectivity index (χ1n) is 7.30. The highest BCUT2D eigenvalue weighted by Gasteiger charge is 2.31. The molecule has 0 unspecified atom stereocenters. The number of aryl methyl sites for hydroxylation is 1. The van der Waals surface area contributed by atoms with Gasteiger partial charge in [0.05, 0.1) is 6.04 Å². The number of benzene rings is 1. The number of carbonyl (C=O) groups excluding carboxylic acids is 1. The van der Waals surface area contributed by atoms with Crippen molar-refractivity contribution >= 4 is 5.91 Å². The molecule has 3 rings (SSSR count). The van der Waals surface area contributed by atoms with Crippen LogP contribution in [0.4, 0.5) is 8.78 Å². The van der Waals surface area contributed by atoms with Crippen LogP contribution in [0.25, 0.3) is 0 Å². The molecule has 1 heterocycles. The van der Waals surface area contributed by atoms with Crippen LogP contribution >= 0.6 is 0 Å². The molecule has 1 aliphatic carbocycles. The third-order valence-electron chi connectivity index (χ3n) is 3.70. The molecule has 8 heteroatoms. The highest BCUT2D eigenvalue weighted by Crippen LogP contribution is 2.26. The van der Waals surface area contributed by atoms with E-state index in [4.69, 9.17) is 4.74 Å². The highest BCUT2D eigenvalue weighted by molar-refractivity contribution is 5.90. The van der Waals surface area contributed by atoms with Gasteiger partial charge in [-0.2, -0.15) is 0 Å². The van der Waals surface area contributed by atoms with Crippen molar-refractivity contribution < 1.29 is 18.3 Å². The average molecular weight is 322 g/mol. The zero-order chi connectivity index (χ0) is 16.4. The Morgan fingerprint density at radius 1 is 1.30 bits per heavy atom. The van der Waals surface area contributed by atoms with Crippen LogP contribution in [0, 0.1) is 11.6 Å². The number of ether oxygens (including phenoxy) is 1. The third kappa shape index (κ3) is 3.64. The van der Waals surface area contributed by atoms with Crippen molar-refractivity contribution in [1.82, 2.24) is 20.1 Å². The summed E-state index contributed by atoms with van der Waals surface area (Å²) in [5.74, 6) is -1.59. The van der Waals surface area contributed by atoms with E-state index in [1.807, 2.05) is 0 Å². The summed E-state index contributed by atoms with van der Waals surface area (Å²) in [6.45, 7) is 0. The fourth-order valence-electron chi connectivity index (χ4n) is 2.68. The van der Waals surface area contributed by atoms with Crippen molar-refractivity contribution in [2.75, 3.05) is 0 Å². The van der Waals surface area contributed by atoms with E-state index in [2.05, 4.69) is 15.4 Å². The van der Waals surface area contributed by atoms with Crippen LogP contribution in [-0.4, -0.2) is 32.8 Å². The first kappa shape index (κ1) is 15.4. The summed E-state index contributed by atoms with van der Waals surface area (Å²) in [7, 11) is 1.67. The van der Waals surface area contributed by atoms with E-state index in [-0.39, 0.29) is 23.7 Å². The van der Waals surface area contributed by atoms with Crippen molar-refractivity contribution in [2.24, 2.45) is 7.05 Å². The minimum Gasteiger partial charge on any atom is -0.488 e. The molecule has 1 amide bonds. The molecule has 122 valence electrons. The lowest BCUT2D eigenvalue weighted by atomic mass is 10.2. The van der Waals surface area contributed by atoms with Crippen molar-refractivity contribution in [3.8, 4) is 5.75 Å². The molecule has 2 aromatic rings. The minimum absolute atomic E-state index is 0.0787. The molecule has 0 spiro atoms. The molecule has 1 N–H and O–H groups in total. The van der Waals surface area contributed by atoms with Crippen molar-refractivity contribution in [1.29, 1.82) is 0 Å². The summed E-state index contributed by atoms with van der Waals surface area (Å²) in [5.41, 5.74) is 0. The van der Waals surface area contributed by atoms with E-state index in [1.165, 1.54) is 11.0 Å². The lowest BCUT2D eigenvalue weighted by Crippen LogP contribution is -2.42. The summed E-state index contributed by atoms with van der Waals surface area (Å²) in [6.07, 6.45) is 3.36. The Morgan fingerprint density at radius 2 is 2.04 bits per heavy atom. The molecule has 23 heavy (non-hydrogen) atoms. The van der Waals surface area contributed by atoms with E-state index < -0.39 is 17.5 Å². The fourth-order valence-corrected chi connectivity index (χ4v) is 2.68. The predicted molar refractivity (Wildman–Crippen MR) is 76.9 cm³/mol. The Morgan fingerprint density at radius 3 is 2.70 bits per heavy atom. The van der Waals surface area contributed by atoms with Gasteiger partial charge in [-0.15, -0.1) is 5.10 Å². The molecular weight excluding hydrogens is 306 g/mol. The molecular formula is C15H16F2N4O2. The molecule has 1 fully saturated rings. The Balaban J connectivity index is 1.66. The Kier molecular flexibility index (Phi) is 4.22. The van der Waals surface area contributed by atoms with Gasteiger partial charge >= 0.3 is 0 Å². The number of rotatable bonds is 4. The van der Waals surface area contributed by atoms with Crippen LogP contribution in [0.1, 0.15) is 29.9 Å². The number of nitrogens with zero attached hydrogens (tertiary/aromatic N) is 3. The number of hydrogen-bond donors (Lipinski definition) is 1. The monoisotopic (exact) mass is 322 g/mol. The Labute approximate surface area is 131 Å². The summed E-state index contributed by atoms with van der Waals surface area (Å²) in [6, 6.07) is 2.78. The first-order chi connectivity index (χ1) is 11.0. The quantitative estimate of drug-likeness (QED) is 0.932. The van der Waals surface area contributed by atoms with Crippen LogP contribution < -0.4 is 10.1 Å². The summed E-state index contributed by atoms with van der Waals surface area (Å²) < 4.78 is 33.5. The number of nitrogens with one attached hydrogen (secondary N) is 1. The molecule has 0 aliphatic heterocycles. The molecule has 1 aromatic heterocycles. The molecule has 0 saturated heterocycles. The molecule has 0 bridgehead atoms. The van der Waals surface area contributed by atoms with E-state index in [9.17, 15) is 13.6 Å². The van der Waals surface area contributed by atoms with Crippen molar-refractivity contribution in [2.45, 2.75) is 31.4 Å². The number of carbonyl (C=O) groups is 1. The summed E-state index contributed by atoms with van der Waals surface area (Å²) >= 11 is 0. The van der Waals surface area contributed by atoms with Gasteiger partial charge in [-0.25, -0.2) is 13.8 Å². The van der Waals surface area contributed by atoms with E-state index in [0.29, 0.717) is 6.42 Å². The number of halogens is 2. The smallest absolute Gasteiger partial charge is 0.291 e. The van der Waals surface area contributed by atoms with Crippen LogP contribution in [0.5, 0.6) is 5.75 Å². The van der Waals surface area contributed by atoms with Crippen LogP contribution in [0.2, 0.25) is 0 Å². The van der Waals surface area contributed by atoms with Crippen LogP contribution in [0.15, 0.2) is 24.5 Å². The standard InChI is InChI=1S/C15H16F2N4O2/c1-21-8-18-14(20-21)15(22)19-12-3-2-4-13(12)23-11-6-9(16)5-10(17)7-11/h5-8,12-13H,2-4H2,1H3,(H,19,22)/t12-,13+/m0/s1. The molecule has 1 aliphatic rings. The second kappa shape index (κ2) is 6.31. The lowest BCUT2D eigenvalue weighted by molar-refractivity contribution is 0.0883. The normalized spacial score (nSPS) is 20.5. The zero-order valence-electron chi connectivity index (χ0n) is 12.5. The predicted octanol–water partition coefficient (Wildman–Crippen LogP) is 1.82. The second-order valence-corrected chi connectivity index (χ2v) is 5.51. The maximum Gasteiger partial charge on any atom is 0.291 e. The minimum atomic E-state index is -0.698. The molecule has 0 radical (unpaired) electrons. The van der Waals surface area contributed by atoms with Crippen molar-refractivity contribution in [3.05, 3.63) is 42.0 Å². The summed E-state index contributed by atoms with van der Waals surface area (Å²) in [4.78, 5) is 16.0. The molecule has 1 saturated carbocycles. The van der Waals surface area contributed by atoms with E-state index in [0.717, 1.165) is 31.0 Å². The fraction of sp³-hybridized carbons (Fsp3) is 0.400. The highest BCUT2D eigenvalue weighted by atomic mass is 19.1. The SMILES string of the molecule is Cn1cnc(C(=O)N[C@H]2CCC[C@H]2Oc2cc(F)cc(F)c2)n1. The van der Waals surface area contributed by atoms with Crippen LogP contribution in [-0.2, 0) is 7.05 Å². The first-order valence-corrected chi connectivity index (χ1v) is 7.30.